The van der Waals surface area contributed by atoms with Gasteiger partial charge in [0.1, 0.15) is 12.0 Å². The number of hydrogen-bond donors (Lipinski definition) is 0. The Balaban J connectivity index is 2.48. The SMILES string of the molecule is O=c1occ2oc(=O)c3c(cccc3c3ccccc13)C2. The zero-order valence-corrected chi connectivity index (χ0v) is 11.0. The van der Waals surface area contributed by atoms with Crippen molar-refractivity contribution in [2.24, 2.45) is 0 Å². The second-order valence-corrected chi connectivity index (χ2v) is 4.94. The quantitative estimate of drug-likeness (QED) is 0.496. The topological polar surface area (TPSA) is 60.4 Å². The molecule has 2 aromatic carbocycles. The summed E-state index contributed by atoms with van der Waals surface area (Å²) in [5.41, 5.74) is 0.00732. The minimum Gasteiger partial charge on any atom is -0.427 e. The van der Waals surface area contributed by atoms with Crippen LogP contribution in [0.4, 0.5) is 0 Å². The van der Waals surface area contributed by atoms with E-state index < -0.39 is 11.3 Å². The molecule has 4 nitrogen and oxygen atoms in total. The van der Waals surface area contributed by atoms with Crippen LogP contribution in [0.25, 0.3) is 21.5 Å². The molecule has 3 heterocycles. The predicted molar refractivity (Wildman–Crippen MR) is 79.0 cm³/mol. The molecular weight excluding hydrogens is 268 g/mol. The molecule has 0 spiro atoms. The molecule has 1 aromatic heterocycles. The van der Waals surface area contributed by atoms with Crippen molar-refractivity contribution in [2.75, 3.05) is 0 Å². The monoisotopic (exact) mass is 278 g/mol. The van der Waals surface area contributed by atoms with E-state index in [1.807, 2.05) is 24.3 Å². The Morgan fingerprint density at radius 3 is 2.43 bits per heavy atom. The van der Waals surface area contributed by atoms with Crippen LogP contribution in [0.3, 0.4) is 0 Å². The van der Waals surface area contributed by atoms with Gasteiger partial charge in [0.25, 0.3) is 0 Å². The van der Waals surface area contributed by atoms with Crippen LogP contribution in [-0.2, 0) is 6.42 Å². The number of fused-ring (bicyclic) bond motifs is 3. The van der Waals surface area contributed by atoms with E-state index >= 15 is 0 Å². The third kappa shape index (κ3) is 1.76. The summed E-state index contributed by atoms with van der Waals surface area (Å²) in [6.45, 7) is 0. The predicted octanol–water partition coefficient (Wildman–Crippen LogP) is 2.93. The normalized spacial score (nSPS) is 12.0. The summed E-state index contributed by atoms with van der Waals surface area (Å²) in [6, 6.07) is 12.7. The fourth-order valence-corrected chi connectivity index (χ4v) is 2.75. The molecule has 2 aliphatic heterocycles. The van der Waals surface area contributed by atoms with E-state index in [4.69, 9.17) is 8.83 Å². The van der Waals surface area contributed by atoms with Crippen molar-refractivity contribution in [1.82, 2.24) is 0 Å². The van der Waals surface area contributed by atoms with Crippen LogP contribution < -0.4 is 11.3 Å². The number of rotatable bonds is 0. The van der Waals surface area contributed by atoms with Crippen molar-refractivity contribution in [2.45, 2.75) is 6.42 Å². The zero-order chi connectivity index (χ0) is 14.4. The lowest BCUT2D eigenvalue weighted by Gasteiger charge is -2.08. The van der Waals surface area contributed by atoms with Gasteiger partial charge in [-0.15, -0.1) is 0 Å². The maximum absolute atomic E-state index is 12.3. The highest BCUT2D eigenvalue weighted by Crippen LogP contribution is 2.24. The van der Waals surface area contributed by atoms with Gasteiger partial charge in [-0.3, -0.25) is 0 Å². The number of hydrogen-bond acceptors (Lipinski definition) is 4. The first-order valence-electron chi connectivity index (χ1n) is 6.57. The van der Waals surface area contributed by atoms with E-state index in [2.05, 4.69) is 0 Å². The van der Waals surface area contributed by atoms with Gasteiger partial charge in [0.05, 0.1) is 10.8 Å². The standard InChI is InChI=1S/C17H10O4/c18-16-14-6-2-1-5-12(14)13-7-3-4-10-8-11(9-20-16)21-17(19)15(10)13/h1-7,9H,8H2. The van der Waals surface area contributed by atoms with Gasteiger partial charge >= 0.3 is 11.3 Å². The van der Waals surface area contributed by atoms with E-state index in [1.54, 1.807) is 18.2 Å². The first kappa shape index (κ1) is 11.9. The average Bonchev–Trinajstić information content (AvgIpc) is 2.51. The molecule has 3 aromatic rings. The van der Waals surface area contributed by atoms with E-state index in [0.717, 1.165) is 5.56 Å². The van der Waals surface area contributed by atoms with Crippen LogP contribution in [0.15, 0.2) is 67.2 Å². The summed E-state index contributed by atoms with van der Waals surface area (Å²) in [7, 11) is 0. The molecular formula is C17H10O4. The highest BCUT2D eigenvalue weighted by molar-refractivity contribution is 6.05. The summed E-state index contributed by atoms with van der Waals surface area (Å²) < 4.78 is 10.4. The average molecular weight is 278 g/mol. The Bertz CT molecular complexity index is 1060. The first-order valence-corrected chi connectivity index (χ1v) is 6.57. The molecule has 0 radical (unpaired) electrons. The van der Waals surface area contributed by atoms with Crippen LogP contribution >= 0.6 is 0 Å². The van der Waals surface area contributed by atoms with E-state index in [1.165, 1.54) is 6.26 Å². The van der Waals surface area contributed by atoms with Crippen LogP contribution in [0.1, 0.15) is 11.3 Å². The third-order valence-corrected chi connectivity index (χ3v) is 3.68. The van der Waals surface area contributed by atoms with Gasteiger partial charge in [-0.1, -0.05) is 36.4 Å². The fraction of sp³-hybridized carbons (Fsp3) is 0.0588. The van der Waals surface area contributed by atoms with Gasteiger partial charge in [-0.2, -0.15) is 0 Å². The van der Waals surface area contributed by atoms with Crippen molar-refractivity contribution in [3.8, 4) is 0 Å². The van der Waals surface area contributed by atoms with Gasteiger partial charge in [-0.05, 0) is 22.4 Å². The van der Waals surface area contributed by atoms with Crippen LogP contribution in [-0.4, -0.2) is 0 Å². The van der Waals surface area contributed by atoms with Crippen molar-refractivity contribution in [1.29, 1.82) is 0 Å². The van der Waals surface area contributed by atoms with Gasteiger partial charge in [0.2, 0.25) is 0 Å². The second-order valence-electron chi connectivity index (χ2n) is 4.94. The van der Waals surface area contributed by atoms with Crippen LogP contribution in [0.2, 0.25) is 0 Å². The maximum Gasteiger partial charge on any atom is 0.344 e. The molecule has 0 saturated carbocycles. The molecule has 0 N–H and O–H groups in total. The third-order valence-electron chi connectivity index (χ3n) is 3.68. The molecule has 5 rings (SSSR count). The minimum absolute atomic E-state index is 0.345. The lowest BCUT2D eigenvalue weighted by atomic mass is 9.99. The fourth-order valence-electron chi connectivity index (χ4n) is 2.75. The summed E-state index contributed by atoms with van der Waals surface area (Å²) in [5, 5.41) is 2.33. The highest BCUT2D eigenvalue weighted by atomic mass is 16.4. The molecule has 0 unspecified atom stereocenters. The minimum atomic E-state index is -0.459. The molecule has 0 amide bonds. The summed E-state index contributed by atoms with van der Waals surface area (Å²) in [4.78, 5) is 24.4. The van der Waals surface area contributed by atoms with Crippen LogP contribution in [0.5, 0.6) is 0 Å². The summed E-state index contributed by atoms with van der Waals surface area (Å²) in [6.07, 6.45) is 1.66. The first-order chi connectivity index (χ1) is 10.2. The van der Waals surface area contributed by atoms with Gasteiger partial charge in [0.15, 0.2) is 0 Å². The zero-order valence-electron chi connectivity index (χ0n) is 11.0. The molecule has 102 valence electrons. The Hall–Kier alpha value is -2.88. The van der Waals surface area contributed by atoms with E-state index in [9.17, 15) is 9.59 Å². The van der Waals surface area contributed by atoms with Crippen molar-refractivity contribution in [3.63, 3.8) is 0 Å². The summed E-state index contributed by atoms with van der Waals surface area (Å²) >= 11 is 0. The van der Waals surface area contributed by atoms with E-state index in [-0.39, 0.29) is 0 Å². The Kier molecular flexibility index (Phi) is 2.44. The number of benzene rings is 2. The molecule has 0 aliphatic carbocycles. The molecule has 0 fully saturated rings. The van der Waals surface area contributed by atoms with Gasteiger partial charge in [-0.25, -0.2) is 9.59 Å². The maximum atomic E-state index is 12.3. The Labute approximate surface area is 118 Å². The molecule has 2 aliphatic rings. The van der Waals surface area contributed by atoms with Crippen molar-refractivity contribution >= 4 is 21.5 Å². The van der Waals surface area contributed by atoms with Crippen molar-refractivity contribution < 1.29 is 8.83 Å². The van der Waals surface area contributed by atoms with Crippen LogP contribution in [0, 0.1) is 0 Å². The second kappa shape index (κ2) is 4.31. The lowest BCUT2D eigenvalue weighted by molar-refractivity contribution is 0.428. The lowest BCUT2D eigenvalue weighted by Crippen LogP contribution is -2.09. The molecule has 21 heavy (non-hydrogen) atoms. The molecule has 4 bridgehead atoms. The molecule has 0 atom stereocenters. The molecule has 0 saturated heterocycles. The largest absolute Gasteiger partial charge is 0.427 e. The van der Waals surface area contributed by atoms with E-state index in [0.29, 0.717) is 33.7 Å². The molecule has 4 heteroatoms. The van der Waals surface area contributed by atoms with Crippen molar-refractivity contribution in [3.05, 3.63) is 80.9 Å². The van der Waals surface area contributed by atoms with Gasteiger partial charge < -0.3 is 8.83 Å². The summed E-state index contributed by atoms with van der Waals surface area (Å²) in [5.74, 6) is 0.345. The Morgan fingerprint density at radius 2 is 1.57 bits per heavy atom. The van der Waals surface area contributed by atoms with Gasteiger partial charge in [0, 0.05) is 6.42 Å². The Morgan fingerprint density at radius 1 is 0.810 bits per heavy atom. The smallest absolute Gasteiger partial charge is 0.344 e. The highest BCUT2D eigenvalue weighted by Gasteiger charge is 2.14.